The van der Waals surface area contributed by atoms with Crippen molar-refractivity contribution in [2.24, 2.45) is 0 Å². The molecule has 0 amide bonds. The van der Waals surface area contributed by atoms with Crippen molar-refractivity contribution in [3.63, 3.8) is 0 Å². The maximum Gasteiger partial charge on any atom is 0.234 e. The van der Waals surface area contributed by atoms with Gasteiger partial charge in [0.1, 0.15) is 5.75 Å². The highest BCUT2D eigenvalue weighted by molar-refractivity contribution is 7.92. The van der Waals surface area contributed by atoms with Gasteiger partial charge in [-0.1, -0.05) is 6.07 Å². The lowest BCUT2D eigenvalue weighted by Crippen LogP contribution is -2.29. The van der Waals surface area contributed by atoms with Crippen molar-refractivity contribution >= 4 is 15.7 Å². The van der Waals surface area contributed by atoms with Gasteiger partial charge in [-0.15, -0.1) is 0 Å². The molecule has 0 unspecified atom stereocenters. The number of nitrogens with one attached hydrogen (secondary N) is 1. The fourth-order valence-corrected chi connectivity index (χ4v) is 3.38. The van der Waals surface area contributed by atoms with E-state index in [0.717, 1.165) is 13.0 Å². The van der Waals surface area contributed by atoms with Crippen LogP contribution in [-0.2, 0) is 10.0 Å². The van der Waals surface area contributed by atoms with E-state index in [1.54, 1.807) is 38.4 Å². The Kier molecular flexibility index (Phi) is 5.47. The van der Waals surface area contributed by atoms with E-state index in [0.29, 0.717) is 23.9 Å². The molecule has 5 nitrogen and oxygen atoms in total. The molecular weight excluding hydrogens is 288 g/mol. The quantitative estimate of drug-likeness (QED) is 0.709. The van der Waals surface area contributed by atoms with Gasteiger partial charge in [-0.2, -0.15) is 0 Å². The maximum atomic E-state index is 12.3. The molecule has 118 valence electrons. The van der Waals surface area contributed by atoms with Crippen molar-refractivity contribution in [1.29, 1.82) is 0 Å². The molecule has 1 fully saturated rings. The van der Waals surface area contributed by atoms with Gasteiger partial charge in [-0.05, 0) is 44.4 Å². The number of benzene rings is 1. The maximum absolute atomic E-state index is 12.3. The van der Waals surface area contributed by atoms with E-state index >= 15 is 0 Å². The SMILES string of the molecule is COc1cccc(N(C)S(=O)(=O)CCCCNC2CC2)c1. The number of anilines is 1. The summed E-state index contributed by atoms with van der Waals surface area (Å²) in [6.07, 6.45) is 4.09. The summed E-state index contributed by atoms with van der Waals surface area (Å²) < 4.78 is 31.1. The van der Waals surface area contributed by atoms with E-state index < -0.39 is 10.0 Å². The summed E-state index contributed by atoms with van der Waals surface area (Å²) in [7, 11) is -0.114. The first-order valence-corrected chi connectivity index (χ1v) is 8.98. The average molecular weight is 312 g/mol. The predicted octanol–water partition coefficient (Wildman–Crippen LogP) is 1.99. The Labute approximate surface area is 127 Å². The fraction of sp³-hybridized carbons (Fsp3) is 0.600. The Balaban J connectivity index is 1.84. The van der Waals surface area contributed by atoms with E-state index in [1.807, 2.05) is 0 Å². The zero-order chi connectivity index (χ0) is 15.3. The van der Waals surface area contributed by atoms with Gasteiger partial charge in [0.05, 0.1) is 18.6 Å². The minimum absolute atomic E-state index is 0.174. The molecule has 0 bridgehead atoms. The minimum Gasteiger partial charge on any atom is -0.497 e. The zero-order valence-electron chi connectivity index (χ0n) is 12.7. The van der Waals surface area contributed by atoms with Crippen LogP contribution in [0.1, 0.15) is 25.7 Å². The van der Waals surface area contributed by atoms with Crippen LogP contribution in [0.3, 0.4) is 0 Å². The Morgan fingerprint density at radius 3 is 2.76 bits per heavy atom. The standard InChI is InChI=1S/C15H24N2O3S/c1-17(14-6-5-7-15(12-14)20-2)21(18,19)11-4-3-10-16-13-8-9-13/h5-7,12-13,16H,3-4,8-11H2,1-2H3. The van der Waals surface area contributed by atoms with E-state index in [-0.39, 0.29) is 5.75 Å². The van der Waals surface area contributed by atoms with Crippen molar-refractivity contribution in [2.45, 2.75) is 31.7 Å². The Morgan fingerprint density at radius 2 is 2.10 bits per heavy atom. The molecule has 0 aliphatic heterocycles. The summed E-state index contributed by atoms with van der Waals surface area (Å²) in [5.41, 5.74) is 0.630. The van der Waals surface area contributed by atoms with Crippen LogP contribution in [0.4, 0.5) is 5.69 Å². The predicted molar refractivity (Wildman–Crippen MR) is 85.4 cm³/mol. The second kappa shape index (κ2) is 7.13. The summed E-state index contributed by atoms with van der Waals surface area (Å²) in [6, 6.07) is 7.77. The van der Waals surface area contributed by atoms with Gasteiger partial charge in [-0.3, -0.25) is 4.31 Å². The molecule has 21 heavy (non-hydrogen) atoms. The van der Waals surface area contributed by atoms with E-state index in [9.17, 15) is 8.42 Å². The zero-order valence-corrected chi connectivity index (χ0v) is 13.5. The minimum atomic E-state index is -3.27. The Hall–Kier alpha value is -1.27. The third-order valence-corrected chi connectivity index (χ3v) is 5.52. The largest absolute Gasteiger partial charge is 0.497 e. The molecule has 2 rings (SSSR count). The topological polar surface area (TPSA) is 58.6 Å². The summed E-state index contributed by atoms with van der Waals surface area (Å²) in [4.78, 5) is 0. The lowest BCUT2D eigenvalue weighted by Gasteiger charge is -2.20. The van der Waals surface area contributed by atoms with Crippen LogP contribution in [0.2, 0.25) is 0 Å². The van der Waals surface area contributed by atoms with Crippen molar-refractivity contribution in [1.82, 2.24) is 5.32 Å². The molecule has 1 aliphatic rings. The highest BCUT2D eigenvalue weighted by Gasteiger charge is 2.21. The first-order chi connectivity index (χ1) is 10.0. The summed E-state index contributed by atoms with van der Waals surface area (Å²) in [5.74, 6) is 0.829. The van der Waals surface area contributed by atoms with Crippen molar-refractivity contribution in [2.75, 3.05) is 30.8 Å². The first kappa shape index (κ1) is 16.1. The molecule has 1 aliphatic carbocycles. The van der Waals surface area contributed by atoms with E-state index in [2.05, 4.69) is 5.32 Å². The third-order valence-electron chi connectivity index (χ3n) is 3.67. The molecule has 0 heterocycles. The monoisotopic (exact) mass is 312 g/mol. The van der Waals surface area contributed by atoms with Crippen molar-refractivity contribution in [3.8, 4) is 5.75 Å². The molecule has 1 aromatic rings. The number of rotatable bonds is 9. The number of sulfonamides is 1. The molecular formula is C15H24N2O3S. The summed E-state index contributed by atoms with van der Waals surface area (Å²) in [6.45, 7) is 0.906. The van der Waals surface area contributed by atoms with Crippen LogP contribution in [0.15, 0.2) is 24.3 Å². The van der Waals surface area contributed by atoms with Gasteiger partial charge in [0.15, 0.2) is 0 Å². The van der Waals surface area contributed by atoms with Gasteiger partial charge in [0.25, 0.3) is 0 Å². The van der Waals surface area contributed by atoms with Crippen LogP contribution < -0.4 is 14.4 Å². The molecule has 1 saturated carbocycles. The van der Waals surface area contributed by atoms with Crippen LogP contribution in [0.5, 0.6) is 5.75 Å². The fourth-order valence-electron chi connectivity index (χ4n) is 2.11. The number of nitrogens with zero attached hydrogens (tertiary/aromatic N) is 1. The molecule has 0 spiro atoms. The van der Waals surface area contributed by atoms with Crippen LogP contribution in [-0.4, -0.2) is 40.9 Å². The lowest BCUT2D eigenvalue weighted by molar-refractivity contribution is 0.415. The molecule has 0 atom stereocenters. The van der Waals surface area contributed by atoms with Gasteiger partial charge in [-0.25, -0.2) is 8.42 Å². The van der Waals surface area contributed by atoms with E-state index in [1.165, 1.54) is 17.1 Å². The molecule has 0 aromatic heterocycles. The van der Waals surface area contributed by atoms with Gasteiger partial charge < -0.3 is 10.1 Å². The highest BCUT2D eigenvalue weighted by atomic mass is 32.2. The highest BCUT2D eigenvalue weighted by Crippen LogP contribution is 2.22. The van der Waals surface area contributed by atoms with Crippen molar-refractivity contribution in [3.05, 3.63) is 24.3 Å². The van der Waals surface area contributed by atoms with Gasteiger partial charge in [0.2, 0.25) is 10.0 Å². The Bertz CT molecular complexity index is 556. The second-order valence-corrected chi connectivity index (χ2v) is 7.54. The molecule has 6 heteroatoms. The van der Waals surface area contributed by atoms with Crippen LogP contribution >= 0.6 is 0 Å². The molecule has 0 radical (unpaired) electrons. The molecule has 0 saturated heterocycles. The van der Waals surface area contributed by atoms with E-state index in [4.69, 9.17) is 4.74 Å². The number of hydrogen-bond donors (Lipinski definition) is 1. The normalized spacial score (nSPS) is 15.0. The smallest absolute Gasteiger partial charge is 0.234 e. The first-order valence-electron chi connectivity index (χ1n) is 7.37. The number of ether oxygens (including phenoxy) is 1. The lowest BCUT2D eigenvalue weighted by atomic mass is 10.3. The Morgan fingerprint density at radius 1 is 1.33 bits per heavy atom. The van der Waals surface area contributed by atoms with Crippen molar-refractivity contribution < 1.29 is 13.2 Å². The van der Waals surface area contributed by atoms with Gasteiger partial charge in [0, 0.05) is 19.2 Å². The van der Waals surface area contributed by atoms with Gasteiger partial charge >= 0.3 is 0 Å². The average Bonchev–Trinajstić information content (AvgIpc) is 3.30. The van der Waals surface area contributed by atoms with Crippen LogP contribution in [0, 0.1) is 0 Å². The molecule has 1 aromatic carbocycles. The molecule has 1 N–H and O–H groups in total. The summed E-state index contributed by atoms with van der Waals surface area (Å²) in [5, 5.41) is 3.39. The summed E-state index contributed by atoms with van der Waals surface area (Å²) >= 11 is 0. The number of hydrogen-bond acceptors (Lipinski definition) is 4. The second-order valence-electron chi connectivity index (χ2n) is 5.42. The number of methoxy groups -OCH3 is 1. The number of unbranched alkanes of at least 4 members (excludes halogenated alkanes) is 1. The third kappa shape index (κ3) is 4.89. The van der Waals surface area contributed by atoms with Crippen LogP contribution in [0.25, 0.3) is 0 Å².